The van der Waals surface area contributed by atoms with Gasteiger partial charge in [0, 0.05) is 20.3 Å². The Morgan fingerprint density at radius 2 is 2.00 bits per heavy atom. The van der Waals surface area contributed by atoms with Gasteiger partial charge in [-0.15, -0.1) is 0 Å². The molecule has 0 spiro atoms. The van der Waals surface area contributed by atoms with Gasteiger partial charge in [0.05, 0.1) is 12.7 Å². The molecule has 0 radical (unpaired) electrons. The molecule has 0 aromatic heterocycles. The van der Waals surface area contributed by atoms with E-state index in [4.69, 9.17) is 9.47 Å². The van der Waals surface area contributed by atoms with Crippen LogP contribution in [0.25, 0.3) is 0 Å². The van der Waals surface area contributed by atoms with Gasteiger partial charge in [-0.2, -0.15) is 0 Å². The molecular formula is C10H22O3. The predicted octanol–water partition coefficient (Wildman–Crippen LogP) is 1.45. The molecule has 0 aliphatic rings. The van der Waals surface area contributed by atoms with Crippen molar-refractivity contribution in [1.82, 2.24) is 0 Å². The predicted molar refractivity (Wildman–Crippen MR) is 52.8 cm³/mol. The van der Waals surface area contributed by atoms with Crippen LogP contribution in [-0.4, -0.2) is 38.1 Å². The van der Waals surface area contributed by atoms with Crippen molar-refractivity contribution in [2.24, 2.45) is 5.92 Å². The topological polar surface area (TPSA) is 38.7 Å². The zero-order valence-electron chi connectivity index (χ0n) is 8.95. The van der Waals surface area contributed by atoms with E-state index in [0.717, 1.165) is 19.4 Å². The number of rotatable bonds is 8. The Labute approximate surface area is 81.0 Å². The first kappa shape index (κ1) is 12.9. The standard InChI is InChI=1S/C10H22O3/c1-4-9(2)10(11)8-13-7-5-6-12-3/h9-11H,4-8H2,1-3H3. The minimum Gasteiger partial charge on any atom is -0.390 e. The molecule has 0 rings (SSSR count). The van der Waals surface area contributed by atoms with Crippen molar-refractivity contribution in [3.63, 3.8) is 0 Å². The van der Waals surface area contributed by atoms with Crippen LogP contribution in [0, 0.1) is 5.92 Å². The maximum absolute atomic E-state index is 9.52. The van der Waals surface area contributed by atoms with Crippen LogP contribution in [0.4, 0.5) is 0 Å². The number of hydrogen-bond acceptors (Lipinski definition) is 3. The first-order chi connectivity index (χ1) is 6.22. The zero-order valence-corrected chi connectivity index (χ0v) is 8.95. The van der Waals surface area contributed by atoms with E-state index in [9.17, 15) is 5.11 Å². The van der Waals surface area contributed by atoms with Crippen LogP contribution in [0.3, 0.4) is 0 Å². The fraction of sp³-hybridized carbons (Fsp3) is 1.00. The van der Waals surface area contributed by atoms with E-state index in [2.05, 4.69) is 6.92 Å². The second-order valence-electron chi connectivity index (χ2n) is 3.37. The van der Waals surface area contributed by atoms with Crippen molar-refractivity contribution in [1.29, 1.82) is 0 Å². The van der Waals surface area contributed by atoms with Gasteiger partial charge in [0.2, 0.25) is 0 Å². The molecule has 0 aliphatic carbocycles. The summed E-state index contributed by atoms with van der Waals surface area (Å²) < 4.78 is 10.2. The molecule has 80 valence electrons. The average molecular weight is 190 g/mol. The van der Waals surface area contributed by atoms with Crippen molar-refractivity contribution < 1.29 is 14.6 Å². The van der Waals surface area contributed by atoms with E-state index < -0.39 is 0 Å². The number of aliphatic hydroxyl groups is 1. The lowest BCUT2D eigenvalue weighted by atomic mass is 10.0. The minimum absolute atomic E-state index is 0.322. The molecule has 0 saturated carbocycles. The average Bonchev–Trinajstić information content (AvgIpc) is 2.16. The lowest BCUT2D eigenvalue weighted by Gasteiger charge is -2.16. The maximum atomic E-state index is 9.52. The van der Waals surface area contributed by atoms with Gasteiger partial charge in [0.1, 0.15) is 0 Å². The molecule has 0 aromatic carbocycles. The van der Waals surface area contributed by atoms with Crippen LogP contribution in [0.2, 0.25) is 0 Å². The highest BCUT2D eigenvalue weighted by Crippen LogP contribution is 2.07. The van der Waals surface area contributed by atoms with Gasteiger partial charge in [0.15, 0.2) is 0 Å². The first-order valence-corrected chi connectivity index (χ1v) is 4.97. The largest absolute Gasteiger partial charge is 0.390 e. The summed E-state index contributed by atoms with van der Waals surface area (Å²) in [6.07, 6.45) is 1.55. The molecule has 0 fully saturated rings. The molecule has 0 aromatic rings. The molecule has 3 nitrogen and oxygen atoms in total. The Balaban J connectivity index is 3.21. The third-order valence-electron chi connectivity index (χ3n) is 2.23. The third-order valence-corrected chi connectivity index (χ3v) is 2.23. The van der Waals surface area contributed by atoms with Crippen LogP contribution >= 0.6 is 0 Å². The van der Waals surface area contributed by atoms with E-state index in [1.165, 1.54) is 0 Å². The van der Waals surface area contributed by atoms with Crippen LogP contribution in [0.5, 0.6) is 0 Å². The van der Waals surface area contributed by atoms with Gasteiger partial charge in [0.25, 0.3) is 0 Å². The highest BCUT2D eigenvalue weighted by atomic mass is 16.5. The first-order valence-electron chi connectivity index (χ1n) is 4.97. The summed E-state index contributed by atoms with van der Waals surface area (Å²) in [5.74, 6) is 0.322. The van der Waals surface area contributed by atoms with Crippen molar-refractivity contribution in [3.8, 4) is 0 Å². The van der Waals surface area contributed by atoms with Gasteiger partial charge in [-0.3, -0.25) is 0 Å². The molecule has 0 heterocycles. The third kappa shape index (κ3) is 6.99. The van der Waals surface area contributed by atoms with Gasteiger partial charge < -0.3 is 14.6 Å². The second kappa shape index (κ2) is 8.48. The SMILES string of the molecule is CCC(C)C(O)COCCCOC. The number of aliphatic hydroxyl groups excluding tert-OH is 1. The highest BCUT2D eigenvalue weighted by molar-refractivity contribution is 4.61. The minimum atomic E-state index is -0.326. The summed E-state index contributed by atoms with van der Waals surface area (Å²) in [6, 6.07) is 0. The summed E-state index contributed by atoms with van der Waals surface area (Å²) >= 11 is 0. The summed E-state index contributed by atoms with van der Waals surface area (Å²) in [5.41, 5.74) is 0. The molecule has 13 heavy (non-hydrogen) atoms. The van der Waals surface area contributed by atoms with Gasteiger partial charge in [-0.05, 0) is 12.3 Å². The summed E-state index contributed by atoms with van der Waals surface area (Å²) in [6.45, 7) is 5.93. The van der Waals surface area contributed by atoms with Gasteiger partial charge in [-0.25, -0.2) is 0 Å². The van der Waals surface area contributed by atoms with Crippen molar-refractivity contribution in [3.05, 3.63) is 0 Å². The molecule has 2 atom stereocenters. The van der Waals surface area contributed by atoms with E-state index in [-0.39, 0.29) is 6.10 Å². The Bertz CT molecular complexity index is 106. The Kier molecular flexibility index (Phi) is 8.40. The second-order valence-corrected chi connectivity index (χ2v) is 3.37. The lowest BCUT2D eigenvalue weighted by Crippen LogP contribution is -2.23. The fourth-order valence-corrected chi connectivity index (χ4v) is 0.946. The fourth-order valence-electron chi connectivity index (χ4n) is 0.946. The van der Waals surface area contributed by atoms with Crippen molar-refractivity contribution in [2.45, 2.75) is 32.8 Å². The molecular weight excluding hydrogens is 168 g/mol. The van der Waals surface area contributed by atoms with E-state index in [1.807, 2.05) is 6.92 Å². The van der Waals surface area contributed by atoms with Crippen molar-refractivity contribution in [2.75, 3.05) is 26.9 Å². The van der Waals surface area contributed by atoms with Crippen LogP contribution in [0.1, 0.15) is 26.7 Å². The van der Waals surface area contributed by atoms with Crippen molar-refractivity contribution >= 4 is 0 Å². The highest BCUT2D eigenvalue weighted by Gasteiger charge is 2.11. The van der Waals surface area contributed by atoms with Gasteiger partial charge >= 0.3 is 0 Å². The zero-order chi connectivity index (χ0) is 10.1. The van der Waals surface area contributed by atoms with E-state index >= 15 is 0 Å². The number of hydrogen-bond donors (Lipinski definition) is 1. The van der Waals surface area contributed by atoms with E-state index in [1.54, 1.807) is 7.11 Å². The molecule has 2 unspecified atom stereocenters. The van der Waals surface area contributed by atoms with Gasteiger partial charge in [-0.1, -0.05) is 20.3 Å². The number of methoxy groups -OCH3 is 1. The summed E-state index contributed by atoms with van der Waals surface area (Å²) in [7, 11) is 1.67. The maximum Gasteiger partial charge on any atom is 0.0799 e. The van der Waals surface area contributed by atoms with E-state index in [0.29, 0.717) is 19.1 Å². The molecule has 3 heteroatoms. The molecule has 1 N–H and O–H groups in total. The Morgan fingerprint density at radius 1 is 1.31 bits per heavy atom. The quantitative estimate of drug-likeness (QED) is 0.589. The Hall–Kier alpha value is -0.120. The molecule has 0 bridgehead atoms. The Morgan fingerprint density at radius 3 is 2.54 bits per heavy atom. The van der Waals surface area contributed by atoms with Crippen LogP contribution in [0.15, 0.2) is 0 Å². The monoisotopic (exact) mass is 190 g/mol. The molecule has 0 saturated heterocycles. The molecule has 0 amide bonds. The molecule has 0 aliphatic heterocycles. The van der Waals surface area contributed by atoms with Crippen LogP contribution in [-0.2, 0) is 9.47 Å². The summed E-state index contributed by atoms with van der Waals surface area (Å²) in [5, 5.41) is 9.52. The smallest absolute Gasteiger partial charge is 0.0799 e. The normalized spacial score (nSPS) is 15.7. The summed E-state index contributed by atoms with van der Waals surface area (Å²) in [4.78, 5) is 0. The number of ether oxygens (including phenoxy) is 2. The lowest BCUT2D eigenvalue weighted by molar-refractivity contribution is 0.00290. The van der Waals surface area contributed by atoms with Crippen LogP contribution < -0.4 is 0 Å².